The van der Waals surface area contributed by atoms with Crippen molar-refractivity contribution >= 4 is 25.5 Å². The van der Waals surface area contributed by atoms with Crippen LogP contribution >= 0.6 is 0 Å². The zero-order valence-corrected chi connectivity index (χ0v) is 15.4. The van der Waals surface area contributed by atoms with Crippen molar-refractivity contribution < 1.29 is 9.53 Å². The number of nitrogens with one attached hydrogen (secondary N) is 1. The SMILES string of the molecule is O=C(N[C@H]1CCCC[C@@H]1[Se]c1ccccc1)OCc1ccccc1. The van der Waals surface area contributed by atoms with E-state index in [9.17, 15) is 4.79 Å². The molecule has 1 N–H and O–H groups in total. The van der Waals surface area contributed by atoms with Gasteiger partial charge in [0.2, 0.25) is 0 Å². The van der Waals surface area contributed by atoms with Crippen LogP contribution in [0.2, 0.25) is 4.82 Å². The predicted octanol–water partition coefficient (Wildman–Crippen LogP) is 3.67. The van der Waals surface area contributed by atoms with Gasteiger partial charge in [-0.3, -0.25) is 0 Å². The van der Waals surface area contributed by atoms with E-state index in [4.69, 9.17) is 4.74 Å². The summed E-state index contributed by atoms with van der Waals surface area (Å²) in [5.74, 6) is 0. The van der Waals surface area contributed by atoms with Gasteiger partial charge in [-0.05, 0) is 0 Å². The number of hydrogen-bond acceptors (Lipinski definition) is 2. The fraction of sp³-hybridized carbons (Fsp3) is 0.350. The Bertz CT molecular complexity index is 633. The summed E-state index contributed by atoms with van der Waals surface area (Å²) in [4.78, 5) is 12.7. The van der Waals surface area contributed by atoms with Gasteiger partial charge in [-0.25, -0.2) is 0 Å². The molecule has 3 rings (SSSR count). The van der Waals surface area contributed by atoms with Crippen molar-refractivity contribution in [1.82, 2.24) is 5.32 Å². The van der Waals surface area contributed by atoms with Crippen LogP contribution in [0, 0.1) is 0 Å². The Kier molecular flexibility index (Phi) is 6.33. The van der Waals surface area contributed by atoms with E-state index in [1.54, 1.807) is 0 Å². The van der Waals surface area contributed by atoms with Crippen LogP contribution in [0.15, 0.2) is 60.7 Å². The van der Waals surface area contributed by atoms with E-state index in [0.717, 1.165) is 12.0 Å². The third-order valence-corrected chi connectivity index (χ3v) is 7.21. The maximum atomic E-state index is 12.2. The average molecular weight is 388 g/mol. The first-order chi connectivity index (χ1) is 11.8. The number of benzene rings is 2. The van der Waals surface area contributed by atoms with Crippen LogP contribution in [-0.2, 0) is 11.3 Å². The molecule has 2 aromatic rings. The normalized spacial score (nSPS) is 20.3. The van der Waals surface area contributed by atoms with Crippen molar-refractivity contribution in [2.24, 2.45) is 0 Å². The van der Waals surface area contributed by atoms with Gasteiger partial charge < -0.3 is 0 Å². The molecule has 1 aliphatic rings. The van der Waals surface area contributed by atoms with E-state index < -0.39 is 0 Å². The Morgan fingerprint density at radius 2 is 1.67 bits per heavy atom. The van der Waals surface area contributed by atoms with Crippen molar-refractivity contribution in [2.75, 3.05) is 0 Å². The summed E-state index contributed by atoms with van der Waals surface area (Å²) in [5.41, 5.74) is 1.02. The second-order valence-corrected chi connectivity index (χ2v) is 8.82. The van der Waals surface area contributed by atoms with Gasteiger partial charge in [0.1, 0.15) is 0 Å². The number of carbonyl (C=O) groups excluding carboxylic acids is 1. The molecule has 0 heterocycles. The van der Waals surface area contributed by atoms with Crippen molar-refractivity contribution in [1.29, 1.82) is 0 Å². The number of alkyl carbamates (subject to hydrolysis) is 1. The van der Waals surface area contributed by atoms with Crippen molar-refractivity contribution in [2.45, 2.75) is 43.1 Å². The number of amides is 1. The van der Waals surface area contributed by atoms with Crippen molar-refractivity contribution in [3.63, 3.8) is 0 Å². The van der Waals surface area contributed by atoms with Gasteiger partial charge in [0, 0.05) is 0 Å². The van der Waals surface area contributed by atoms with Gasteiger partial charge in [0.05, 0.1) is 0 Å². The minimum absolute atomic E-state index is 0.238. The molecule has 0 bridgehead atoms. The Hall–Kier alpha value is -1.77. The van der Waals surface area contributed by atoms with Crippen LogP contribution in [0.5, 0.6) is 0 Å². The molecule has 1 amide bonds. The molecule has 2 atom stereocenters. The molecular formula is C20H23NO2Se. The Labute approximate surface area is 150 Å². The summed E-state index contributed by atoms with van der Waals surface area (Å²) in [7, 11) is 0. The van der Waals surface area contributed by atoms with Crippen LogP contribution in [-0.4, -0.2) is 27.1 Å². The van der Waals surface area contributed by atoms with E-state index >= 15 is 0 Å². The summed E-state index contributed by atoms with van der Waals surface area (Å²) in [6, 6.07) is 20.7. The summed E-state index contributed by atoms with van der Waals surface area (Å²) in [5, 5.41) is 3.11. The molecule has 1 aliphatic carbocycles. The minimum atomic E-state index is -0.292. The van der Waals surface area contributed by atoms with Crippen molar-refractivity contribution in [3.8, 4) is 0 Å². The van der Waals surface area contributed by atoms with Crippen molar-refractivity contribution in [3.05, 3.63) is 66.2 Å². The summed E-state index contributed by atoms with van der Waals surface area (Å²) in [6.45, 7) is 0.327. The van der Waals surface area contributed by atoms with Gasteiger partial charge in [0.15, 0.2) is 0 Å². The third-order valence-electron chi connectivity index (χ3n) is 4.25. The fourth-order valence-corrected chi connectivity index (χ4v) is 5.76. The molecule has 0 radical (unpaired) electrons. The zero-order chi connectivity index (χ0) is 16.6. The number of rotatable bonds is 5. The van der Waals surface area contributed by atoms with Crippen LogP contribution in [0.3, 0.4) is 0 Å². The first-order valence-electron chi connectivity index (χ1n) is 8.50. The average Bonchev–Trinajstić information content (AvgIpc) is 2.63. The standard InChI is InChI=1S/C20H23NO2Se/c22-20(23-15-16-9-3-1-4-10-16)21-18-13-7-8-14-19(18)24-17-11-5-2-6-12-17/h1-6,9-12,18-19H,7-8,13-15H2,(H,21,22)/t18-,19-/m0/s1. The van der Waals surface area contributed by atoms with E-state index in [1.165, 1.54) is 23.7 Å². The molecule has 0 saturated heterocycles. The Balaban J connectivity index is 1.52. The van der Waals surface area contributed by atoms with Gasteiger partial charge in [0.25, 0.3) is 0 Å². The molecule has 24 heavy (non-hydrogen) atoms. The summed E-state index contributed by atoms with van der Waals surface area (Å²) < 4.78 is 6.79. The quantitative estimate of drug-likeness (QED) is 0.794. The number of ether oxygens (including phenoxy) is 1. The van der Waals surface area contributed by atoms with E-state index in [1.807, 2.05) is 30.3 Å². The molecule has 3 nitrogen and oxygen atoms in total. The molecule has 0 spiro atoms. The first kappa shape index (κ1) is 17.1. The number of hydrogen-bond donors (Lipinski definition) is 1. The molecule has 0 unspecified atom stereocenters. The topological polar surface area (TPSA) is 38.3 Å². The van der Waals surface area contributed by atoms with Gasteiger partial charge in [-0.2, -0.15) is 0 Å². The van der Waals surface area contributed by atoms with E-state index in [0.29, 0.717) is 26.4 Å². The zero-order valence-electron chi connectivity index (χ0n) is 13.7. The molecule has 0 aliphatic heterocycles. The molecule has 1 fully saturated rings. The second kappa shape index (κ2) is 8.91. The Morgan fingerprint density at radius 3 is 2.42 bits per heavy atom. The monoisotopic (exact) mass is 389 g/mol. The molecule has 126 valence electrons. The summed E-state index contributed by atoms with van der Waals surface area (Å²) >= 11 is 0.388. The van der Waals surface area contributed by atoms with Gasteiger partial charge in [-0.15, -0.1) is 0 Å². The van der Waals surface area contributed by atoms with Crippen LogP contribution < -0.4 is 9.78 Å². The fourth-order valence-electron chi connectivity index (χ4n) is 2.99. The van der Waals surface area contributed by atoms with E-state index in [2.05, 4.69) is 35.6 Å². The third kappa shape index (κ3) is 5.12. The maximum absolute atomic E-state index is 12.2. The van der Waals surface area contributed by atoms with E-state index in [-0.39, 0.29) is 12.1 Å². The molecule has 1 saturated carbocycles. The molecule has 2 aromatic carbocycles. The van der Waals surface area contributed by atoms with Crippen LogP contribution in [0.1, 0.15) is 31.2 Å². The second-order valence-electron chi connectivity index (χ2n) is 6.07. The molecular weight excluding hydrogens is 365 g/mol. The molecule has 4 heteroatoms. The predicted molar refractivity (Wildman–Crippen MR) is 97.6 cm³/mol. The first-order valence-corrected chi connectivity index (χ1v) is 10.3. The van der Waals surface area contributed by atoms with Gasteiger partial charge >= 0.3 is 150 Å². The van der Waals surface area contributed by atoms with Gasteiger partial charge in [-0.1, -0.05) is 0 Å². The van der Waals surface area contributed by atoms with Crippen LogP contribution in [0.25, 0.3) is 0 Å². The Morgan fingerprint density at radius 1 is 1.00 bits per heavy atom. The summed E-state index contributed by atoms with van der Waals surface area (Å²) in [6.07, 6.45) is 4.40. The number of carbonyl (C=O) groups is 1. The molecule has 0 aromatic heterocycles. The van der Waals surface area contributed by atoms with Crippen LogP contribution in [0.4, 0.5) is 4.79 Å².